The van der Waals surface area contributed by atoms with Gasteiger partial charge in [0.1, 0.15) is 11.3 Å². The van der Waals surface area contributed by atoms with E-state index in [9.17, 15) is 13.6 Å². The highest BCUT2D eigenvalue weighted by atomic mass is 19.2. The van der Waals surface area contributed by atoms with Gasteiger partial charge < -0.3 is 10.1 Å². The van der Waals surface area contributed by atoms with E-state index in [4.69, 9.17) is 4.74 Å². The number of rotatable bonds is 5. The topological polar surface area (TPSA) is 56.1 Å². The third kappa shape index (κ3) is 3.67. The number of carbonyl (C=O) groups is 1. The Balaban J connectivity index is 2.16. The fourth-order valence-electron chi connectivity index (χ4n) is 2.38. The van der Waals surface area contributed by atoms with Crippen LogP contribution in [-0.2, 0) is 6.54 Å². The Morgan fingerprint density at radius 3 is 2.65 bits per heavy atom. The van der Waals surface area contributed by atoms with E-state index in [1.807, 2.05) is 19.9 Å². The van der Waals surface area contributed by atoms with Crippen LogP contribution in [0.5, 0.6) is 5.75 Å². The van der Waals surface area contributed by atoms with Crippen LogP contribution in [0.1, 0.15) is 28.7 Å². The predicted molar refractivity (Wildman–Crippen MR) is 81.5 cm³/mol. The van der Waals surface area contributed by atoms with Crippen molar-refractivity contribution in [2.24, 2.45) is 0 Å². The molecule has 1 heterocycles. The van der Waals surface area contributed by atoms with Crippen molar-refractivity contribution in [3.63, 3.8) is 0 Å². The quantitative estimate of drug-likeness (QED) is 0.920. The number of nitrogens with one attached hydrogen (secondary N) is 1. The molecule has 1 amide bonds. The Morgan fingerprint density at radius 2 is 2.09 bits per heavy atom. The molecule has 1 aromatic carbocycles. The molecule has 2 aromatic rings. The van der Waals surface area contributed by atoms with E-state index in [0.29, 0.717) is 6.54 Å². The molecule has 124 valence electrons. The molecular weight excluding hydrogens is 304 g/mol. The number of aromatic nitrogens is 2. The van der Waals surface area contributed by atoms with Crippen molar-refractivity contribution in [1.82, 2.24) is 15.1 Å². The van der Waals surface area contributed by atoms with E-state index >= 15 is 0 Å². The normalized spacial score (nSPS) is 12.1. The number of hydrogen-bond acceptors (Lipinski definition) is 3. The van der Waals surface area contributed by atoms with Crippen LogP contribution in [0.25, 0.3) is 0 Å². The molecule has 0 saturated carbocycles. The molecule has 2 rings (SSSR count). The van der Waals surface area contributed by atoms with Crippen LogP contribution in [0.3, 0.4) is 0 Å². The van der Waals surface area contributed by atoms with E-state index < -0.39 is 23.1 Å². The number of aryl methyl sites for hydroxylation is 2. The maximum Gasteiger partial charge on any atom is 0.258 e. The minimum atomic E-state index is -1.22. The van der Waals surface area contributed by atoms with Gasteiger partial charge in [-0.15, -0.1) is 0 Å². The molecule has 0 saturated heterocycles. The first-order valence-corrected chi connectivity index (χ1v) is 7.17. The van der Waals surface area contributed by atoms with Crippen molar-refractivity contribution in [3.8, 4) is 5.75 Å². The fraction of sp³-hybridized carbons (Fsp3) is 0.375. The zero-order chi connectivity index (χ0) is 17.1. The predicted octanol–water partition coefficient (Wildman–Crippen LogP) is 2.61. The Morgan fingerprint density at radius 1 is 1.39 bits per heavy atom. The molecule has 0 aliphatic rings. The van der Waals surface area contributed by atoms with Crippen LogP contribution in [0.15, 0.2) is 18.2 Å². The van der Waals surface area contributed by atoms with Gasteiger partial charge in [-0.1, -0.05) is 0 Å². The first-order valence-electron chi connectivity index (χ1n) is 7.17. The first-order chi connectivity index (χ1) is 10.8. The second kappa shape index (κ2) is 6.76. The molecule has 0 radical (unpaired) electrons. The molecule has 7 heteroatoms. The third-order valence-electron chi connectivity index (χ3n) is 3.43. The van der Waals surface area contributed by atoms with E-state index in [2.05, 4.69) is 10.4 Å². The van der Waals surface area contributed by atoms with Crippen molar-refractivity contribution < 1.29 is 18.3 Å². The summed E-state index contributed by atoms with van der Waals surface area (Å²) in [6.45, 7) is 5.96. The molecule has 23 heavy (non-hydrogen) atoms. The summed E-state index contributed by atoms with van der Waals surface area (Å²) in [5.41, 5.74) is 1.39. The van der Waals surface area contributed by atoms with Gasteiger partial charge >= 0.3 is 0 Å². The van der Waals surface area contributed by atoms with Crippen LogP contribution in [0, 0.1) is 25.5 Å². The molecule has 0 unspecified atom stereocenters. The van der Waals surface area contributed by atoms with Gasteiger partial charge in [-0.05, 0) is 39.0 Å². The van der Waals surface area contributed by atoms with Gasteiger partial charge in [0.25, 0.3) is 5.91 Å². The Labute approximate surface area is 133 Å². The molecular formula is C16H19F2N3O2. The summed E-state index contributed by atoms with van der Waals surface area (Å²) in [5, 5.41) is 6.94. The van der Waals surface area contributed by atoms with Gasteiger partial charge in [-0.3, -0.25) is 9.48 Å². The maximum atomic E-state index is 13.9. The summed E-state index contributed by atoms with van der Waals surface area (Å²) < 4.78 is 34.0. The maximum absolute atomic E-state index is 13.9. The van der Waals surface area contributed by atoms with Crippen molar-refractivity contribution in [1.29, 1.82) is 0 Å². The van der Waals surface area contributed by atoms with E-state index in [1.54, 1.807) is 11.6 Å². The lowest BCUT2D eigenvalue weighted by Crippen LogP contribution is -2.37. The summed E-state index contributed by atoms with van der Waals surface area (Å²) in [7, 11) is 1.29. The highest BCUT2D eigenvalue weighted by Crippen LogP contribution is 2.23. The average molecular weight is 323 g/mol. The monoisotopic (exact) mass is 323 g/mol. The van der Waals surface area contributed by atoms with Crippen molar-refractivity contribution in [2.45, 2.75) is 33.4 Å². The van der Waals surface area contributed by atoms with Crippen LogP contribution < -0.4 is 10.1 Å². The molecule has 0 aliphatic carbocycles. The van der Waals surface area contributed by atoms with Crippen LogP contribution in [0.4, 0.5) is 8.78 Å². The number of carbonyl (C=O) groups excluding carboxylic acids is 1. The van der Waals surface area contributed by atoms with Crippen LogP contribution >= 0.6 is 0 Å². The van der Waals surface area contributed by atoms with Crippen LogP contribution in [0.2, 0.25) is 0 Å². The SMILES string of the molecule is COc1ccc(F)c(F)c1C(=O)N[C@@H](C)Cn1nc(C)cc1C. The lowest BCUT2D eigenvalue weighted by atomic mass is 10.1. The van der Waals surface area contributed by atoms with E-state index in [-0.39, 0.29) is 11.8 Å². The third-order valence-corrected chi connectivity index (χ3v) is 3.43. The van der Waals surface area contributed by atoms with Gasteiger partial charge in [-0.2, -0.15) is 5.10 Å². The number of hydrogen-bond donors (Lipinski definition) is 1. The minimum absolute atomic E-state index is 0.0142. The van der Waals surface area contributed by atoms with Crippen molar-refractivity contribution >= 4 is 5.91 Å². The van der Waals surface area contributed by atoms with Gasteiger partial charge in [0.15, 0.2) is 11.6 Å². The Hall–Kier alpha value is -2.44. The Kier molecular flexibility index (Phi) is 4.98. The lowest BCUT2D eigenvalue weighted by Gasteiger charge is -2.16. The number of ether oxygens (including phenoxy) is 1. The second-order valence-electron chi connectivity index (χ2n) is 5.42. The van der Waals surface area contributed by atoms with Crippen molar-refractivity contribution in [3.05, 3.63) is 46.8 Å². The number of amides is 1. The zero-order valence-electron chi connectivity index (χ0n) is 13.5. The molecule has 1 aromatic heterocycles. The van der Waals surface area contributed by atoms with Gasteiger partial charge in [0.2, 0.25) is 0 Å². The molecule has 1 N–H and O–H groups in total. The number of nitrogens with zero attached hydrogens (tertiary/aromatic N) is 2. The summed E-state index contributed by atoms with van der Waals surface area (Å²) >= 11 is 0. The number of halogens is 2. The first kappa shape index (κ1) is 16.9. The molecule has 0 spiro atoms. The molecule has 0 bridgehead atoms. The second-order valence-corrected chi connectivity index (χ2v) is 5.42. The molecule has 1 atom stereocenters. The summed E-state index contributed by atoms with van der Waals surface area (Å²) in [6.07, 6.45) is 0. The minimum Gasteiger partial charge on any atom is -0.496 e. The summed E-state index contributed by atoms with van der Waals surface area (Å²) in [4.78, 5) is 12.3. The van der Waals surface area contributed by atoms with Crippen molar-refractivity contribution in [2.75, 3.05) is 7.11 Å². The van der Waals surface area contributed by atoms with Crippen LogP contribution in [-0.4, -0.2) is 28.8 Å². The summed E-state index contributed by atoms with van der Waals surface area (Å²) in [6, 6.07) is 3.74. The Bertz CT molecular complexity index is 728. The highest BCUT2D eigenvalue weighted by Gasteiger charge is 2.22. The molecule has 5 nitrogen and oxygen atoms in total. The molecule has 0 fully saturated rings. The average Bonchev–Trinajstić information content (AvgIpc) is 2.79. The smallest absolute Gasteiger partial charge is 0.258 e. The molecule has 0 aliphatic heterocycles. The van der Waals surface area contributed by atoms with Gasteiger partial charge in [0.05, 0.1) is 19.3 Å². The number of benzene rings is 1. The lowest BCUT2D eigenvalue weighted by molar-refractivity contribution is 0.0927. The van der Waals surface area contributed by atoms with Gasteiger partial charge in [-0.25, -0.2) is 8.78 Å². The fourth-order valence-corrected chi connectivity index (χ4v) is 2.38. The largest absolute Gasteiger partial charge is 0.496 e. The van der Waals surface area contributed by atoms with E-state index in [1.165, 1.54) is 13.2 Å². The van der Waals surface area contributed by atoms with Gasteiger partial charge in [0, 0.05) is 11.7 Å². The number of methoxy groups -OCH3 is 1. The van der Waals surface area contributed by atoms with E-state index in [0.717, 1.165) is 17.5 Å². The summed E-state index contributed by atoms with van der Waals surface area (Å²) in [5.74, 6) is -3.06. The standard InChI is InChI=1S/C16H19F2N3O2/c1-9-7-11(3)21(20-9)8-10(2)19-16(22)14-13(23-4)6-5-12(17)15(14)18/h5-7,10H,8H2,1-4H3,(H,19,22)/t10-/m0/s1. The zero-order valence-corrected chi connectivity index (χ0v) is 13.5. The highest BCUT2D eigenvalue weighted by molar-refractivity contribution is 5.97.